The number of nitrogens with one attached hydrogen (secondary N) is 1. The Balaban J connectivity index is 2.23. The first-order valence-electron chi connectivity index (χ1n) is 6.27. The van der Waals surface area contributed by atoms with Crippen LogP contribution in [0.15, 0.2) is 18.2 Å². The molecule has 1 aromatic carbocycles. The third kappa shape index (κ3) is 2.35. The van der Waals surface area contributed by atoms with E-state index >= 15 is 0 Å². The predicted octanol–water partition coefficient (Wildman–Crippen LogP) is 0.449. The van der Waals surface area contributed by atoms with Crippen LogP contribution in [-0.4, -0.2) is 40.0 Å². The van der Waals surface area contributed by atoms with Gasteiger partial charge in [-0.15, -0.1) is 0 Å². The molecule has 1 atom stereocenters. The smallest absolute Gasteiger partial charge is 0.408 e. The molecule has 0 radical (unpaired) electrons. The third-order valence-electron chi connectivity index (χ3n) is 3.76. The highest BCUT2D eigenvalue weighted by molar-refractivity contribution is 6.06. The minimum absolute atomic E-state index is 0.0585. The third-order valence-corrected chi connectivity index (χ3v) is 3.76. The van der Waals surface area contributed by atoms with Gasteiger partial charge in [0.05, 0.1) is 16.9 Å². The molecule has 0 bridgehead atoms. The van der Waals surface area contributed by atoms with Gasteiger partial charge in [-0.2, -0.15) is 0 Å². The molecular weight excluding hydrogens is 276 g/mol. The van der Waals surface area contributed by atoms with Gasteiger partial charge in [-0.25, -0.2) is 4.79 Å². The number of para-hydroxylation sites is 1. The number of nitrogens with two attached hydrogens (primary N) is 2. The molecule has 0 spiro atoms. The van der Waals surface area contributed by atoms with E-state index in [1.165, 1.54) is 25.1 Å². The minimum atomic E-state index is -1.15. The van der Waals surface area contributed by atoms with Crippen molar-refractivity contribution in [3.8, 4) is 0 Å². The van der Waals surface area contributed by atoms with Crippen LogP contribution in [-0.2, 0) is 4.79 Å². The fourth-order valence-corrected chi connectivity index (χ4v) is 2.25. The van der Waals surface area contributed by atoms with Crippen LogP contribution in [0.2, 0.25) is 0 Å². The highest BCUT2D eigenvalue weighted by Gasteiger charge is 2.49. The van der Waals surface area contributed by atoms with Crippen molar-refractivity contribution in [1.82, 2.24) is 4.90 Å². The van der Waals surface area contributed by atoms with E-state index in [4.69, 9.17) is 16.6 Å². The lowest BCUT2D eigenvalue weighted by Crippen LogP contribution is -2.65. The molecule has 2 rings (SSSR count). The topological polar surface area (TPSA) is 139 Å². The molecule has 1 heterocycles. The monoisotopic (exact) mass is 292 g/mol. The van der Waals surface area contributed by atoms with E-state index in [9.17, 15) is 14.4 Å². The van der Waals surface area contributed by atoms with Crippen LogP contribution in [0.25, 0.3) is 0 Å². The molecule has 1 fully saturated rings. The molecule has 8 heteroatoms. The van der Waals surface area contributed by atoms with Crippen molar-refractivity contribution < 1.29 is 19.5 Å². The fraction of sp³-hybridized carbons (Fsp3) is 0.308. The maximum atomic E-state index is 12.3. The van der Waals surface area contributed by atoms with Gasteiger partial charge in [-0.3, -0.25) is 14.5 Å². The highest BCUT2D eigenvalue weighted by Crippen LogP contribution is 2.32. The SMILES string of the molecule is CC1(C(=O)Nc2cccc(C(N)=O)c2N)CCN1C(=O)O. The lowest BCUT2D eigenvalue weighted by atomic mass is 9.86. The zero-order chi connectivity index (χ0) is 15.8. The summed E-state index contributed by atoms with van der Waals surface area (Å²) in [5.74, 6) is -1.20. The average Bonchev–Trinajstić information content (AvgIpc) is 2.37. The van der Waals surface area contributed by atoms with E-state index in [1.54, 1.807) is 0 Å². The second-order valence-electron chi connectivity index (χ2n) is 5.04. The Labute approximate surface area is 120 Å². The zero-order valence-corrected chi connectivity index (χ0v) is 11.4. The van der Waals surface area contributed by atoms with Crippen molar-refractivity contribution in [1.29, 1.82) is 0 Å². The summed E-state index contributed by atoms with van der Waals surface area (Å²) in [7, 11) is 0. The Bertz CT molecular complexity index is 631. The molecule has 21 heavy (non-hydrogen) atoms. The molecule has 1 saturated heterocycles. The first kappa shape index (κ1) is 14.6. The van der Waals surface area contributed by atoms with E-state index in [-0.39, 0.29) is 16.9 Å². The summed E-state index contributed by atoms with van der Waals surface area (Å²) >= 11 is 0. The van der Waals surface area contributed by atoms with E-state index in [1.807, 2.05) is 0 Å². The second kappa shape index (κ2) is 4.97. The Morgan fingerprint density at radius 1 is 1.38 bits per heavy atom. The van der Waals surface area contributed by atoms with Gasteiger partial charge in [0.15, 0.2) is 0 Å². The van der Waals surface area contributed by atoms with Gasteiger partial charge in [0.1, 0.15) is 5.54 Å². The highest BCUT2D eigenvalue weighted by atomic mass is 16.4. The molecular formula is C13H16N4O4. The van der Waals surface area contributed by atoms with Crippen molar-refractivity contribution in [2.45, 2.75) is 18.9 Å². The van der Waals surface area contributed by atoms with Gasteiger partial charge in [0.25, 0.3) is 5.91 Å². The summed E-state index contributed by atoms with van der Waals surface area (Å²) in [5.41, 5.74) is 10.2. The molecule has 0 aromatic heterocycles. The maximum Gasteiger partial charge on any atom is 0.408 e. The molecule has 0 saturated carbocycles. The summed E-state index contributed by atoms with van der Waals surface area (Å²) in [6.07, 6.45) is -0.738. The van der Waals surface area contributed by atoms with Gasteiger partial charge in [-0.05, 0) is 25.5 Å². The number of hydrogen-bond acceptors (Lipinski definition) is 4. The summed E-state index contributed by atoms with van der Waals surface area (Å²) in [5, 5.41) is 11.6. The molecule has 112 valence electrons. The number of likely N-dealkylation sites (tertiary alicyclic amines) is 1. The van der Waals surface area contributed by atoms with Crippen molar-refractivity contribution in [2.24, 2.45) is 5.73 Å². The average molecular weight is 292 g/mol. The van der Waals surface area contributed by atoms with Crippen LogP contribution in [0.5, 0.6) is 0 Å². The van der Waals surface area contributed by atoms with E-state index < -0.39 is 23.4 Å². The summed E-state index contributed by atoms with van der Waals surface area (Å²) in [4.78, 5) is 35.6. The van der Waals surface area contributed by atoms with Crippen LogP contribution in [0.4, 0.5) is 16.2 Å². The van der Waals surface area contributed by atoms with Crippen molar-refractivity contribution in [3.05, 3.63) is 23.8 Å². The number of anilines is 2. The first-order valence-corrected chi connectivity index (χ1v) is 6.27. The lowest BCUT2D eigenvalue weighted by Gasteiger charge is -2.47. The number of nitrogen functional groups attached to an aromatic ring is 1. The number of primary amides is 1. The van der Waals surface area contributed by atoms with Crippen LogP contribution < -0.4 is 16.8 Å². The number of carbonyl (C=O) groups is 3. The largest absolute Gasteiger partial charge is 0.465 e. The number of rotatable bonds is 3. The first-order chi connectivity index (χ1) is 9.77. The van der Waals surface area contributed by atoms with Crippen LogP contribution in [0.3, 0.4) is 0 Å². The van der Waals surface area contributed by atoms with Crippen LogP contribution in [0.1, 0.15) is 23.7 Å². The normalized spacial score (nSPS) is 20.5. The van der Waals surface area contributed by atoms with Crippen molar-refractivity contribution in [3.63, 3.8) is 0 Å². The van der Waals surface area contributed by atoms with Crippen molar-refractivity contribution in [2.75, 3.05) is 17.6 Å². The predicted molar refractivity (Wildman–Crippen MR) is 75.8 cm³/mol. The maximum absolute atomic E-state index is 12.3. The van der Waals surface area contributed by atoms with E-state index in [0.717, 1.165) is 4.90 Å². The van der Waals surface area contributed by atoms with Crippen LogP contribution in [0, 0.1) is 0 Å². The Kier molecular flexibility index (Phi) is 3.46. The quantitative estimate of drug-likeness (QED) is 0.599. The van der Waals surface area contributed by atoms with Gasteiger partial charge >= 0.3 is 6.09 Å². The Morgan fingerprint density at radius 3 is 2.52 bits per heavy atom. The molecule has 1 aliphatic rings. The number of amides is 3. The molecule has 6 N–H and O–H groups in total. The minimum Gasteiger partial charge on any atom is -0.465 e. The van der Waals surface area contributed by atoms with Crippen LogP contribution >= 0.6 is 0 Å². The molecule has 0 aliphatic carbocycles. The Hall–Kier alpha value is -2.77. The van der Waals surface area contributed by atoms with Gasteiger partial charge in [-0.1, -0.05) is 6.07 Å². The van der Waals surface area contributed by atoms with Crippen molar-refractivity contribution >= 4 is 29.3 Å². The Morgan fingerprint density at radius 2 is 2.05 bits per heavy atom. The molecule has 3 amide bonds. The van der Waals surface area contributed by atoms with E-state index in [0.29, 0.717) is 13.0 Å². The summed E-state index contributed by atoms with van der Waals surface area (Å²) in [6, 6.07) is 4.50. The standard InChI is InChI=1S/C13H16N4O4/c1-13(5-6-17(13)12(20)21)11(19)16-8-4-2-3-7(9(8)14)10(15)18/h2-4H,5-6,14H2,1H3,(H2,15,18)(H,16,19)(H,20,21). The zero-order valence-electron chi connectivity index (χ0n) is 11.4. The molecule has 1 unspecified atom stereocenters. The second-order valence-corrected chi connectivity index (χ2v) is 5.04. The van der Waals surface area contributed by atoms with Gasteiger partial charge in [0.2, 0.25) is 5.91 Å². The lowest BCUT2D eigenvalue weighted by molar-refractivity contribution is -0.132. The molecule has 8 nitrogen and oxygen atoms in total. The van der Waals surface area contributed by atoms with E-state index in [2.05, 4.69) is 5.32 Å². The fourth-order valence-electron chi connectivity index (χ4n) is 2.25. The summed E-state index contributed by atoms with van der Waals surface area (Å²) < 4.78 is 0. The molecule has 1 aliphatic heterocycles. The number of benzene rings is 1. The molecule has 1 aromatic rings. The number of hydrogen-bond donors (Lipinski definition) is 4. The number of carbonyl (C=O) groups excluding carboxylic acids is 2. The number of nitrogens with zero attached hydrogens (tertiary/aromatic N) is 1. The summed E-state index contributed by atoms with van der Waals surface area (Å²) in [6.45, 7) is 1.84. The number of carboxylic acid groups (broad SMARTS) is 1. The van der Waals surface area contributed by atoms with Gasteiger partial charge in [0, 0.05) is 6.54 Å². The van der Waals surface area contributed by atoms with Gasteiger partial charge < -0.3 is 21.9 Å².